The van der Waals surface area contributed by atoms with Crippen molar-refractivity contribution < 1.29 is 9.53 Å². The Hall–Kier alpha value is -2.55. The van der Waals surface area contributed by atoms with Crippen LogP contribution >= 0.6 is 0 Å². The third kappa shape index (κ3) is 2.32. The van der Waals surface area contributed by atoms with E-state index in [4.69, 9.17) is 4.74 Å². The van der Waals surface area contributed by atoms with Gasteiger partial charge in [0.1, 0.15) is 5.75 Å². The summed E-state index contributed by atoms with van der Waals surface area (Å²) in [6, 6.07) is 11.4. The van der Waals surface area contributed by atoms with Gasteiger partial charge in [-0.2, -0.15) is 0 Å². The number of carbonyl (C=O) groups excluding carboxylic acids is 1. The average Bonchev–Trinajstić information content (AvgIpc) is 2.64. The van der Waals surface area contributed by atoms with Gasteiger partial charge in [0, 0.05) is 28.7 Å². The van der Waals surface area contributed by atoms with Gasteiger partial charge in [0.25, 0.3) is 5.91 Å². The van der Waals surface area contributed by atoms with Gasteiger partial charge in [0.05, 0.1) is 7.11 Å². The van der Waals surface area contributed by atoms with Gasteiger partial charge in [-0.25, -0.2) is 0 Å². The van der Waals surface area contributed by atoms with Crippen molar-refractivity contribution in [3.05, 3.63) is 70.8 Å². The number of carbonyl (C=O) groups is 1. The van der Waals surface area contributed by atoms with E-state index in [1.54, 1.807) is 7.11 Å². The molecule has 0 aliphatic heterocycles. The first-order valence-corrected chi connectivity index (χ1v) is 8.45. The van der Waals surface area contributed by atoms with Crippen molar-refractivity contribution in [1.29, 1.82) is 0 Å². The lowest BCUT2D eigenvalue weighted by Crippen LogP contribution is -2.23. The normalized spacial score (nSPS) is 20.6. The maximum atomic E-state index is 12.7. The minimum absolute atomic E-state index is 0.0588. The van der Waals surface area contributed by atoms with Crippen LogP contribution < -0.4 is 10.1 Å². The second kappa shape index (κ2) is 5.82. The molecular formula is C21H21NO2. The summed E-state index contributed by atoms with van der Waals surface area (Å²) in [6.45, 7) is 2.04. The number of hydrogen-bond donors (Lipinski definition) is 1. The summed E-state index contributed by atoms with van der Waals surface area (Å²) in [6.07, 6.45) is 6.86. The van der Waals surface area contributed by atoms with Crippen LogP contribution in [-0.2, 0) is 0 Å². The maximum Gasteiger partial charge on any atom is 0.255 e. The number of methoxy groups -OCH3 is 1. The second-order valence-electron chi connectivity index (χ2n) is 6.59. The number of fused-ring (bicyclic) bond motifs is 1. The van der Waals surface area contributed by atoms with Crippen LogP contribution in [0.15, 0.2) is 48.6 Å². The van der Waals surface area contributed by atoms with Crippen LogP contribution in [0.2, 0.25) is 0 Å². The van der Waals surface area contributed by atoms with Gasteiger partial charge in [-0.05, 0) is 49.1 Å². The number of nitrogens with one attached hydrogen (secondary N) is 1. The zero-order valence-electron chi connectivity index (χ0n) is 14.0. The molecule has 5 rings (SSSR count). The number of anilines is 1. The van der Waals surface area contributed by atoms with Gasteiger partial charge in [0.2, 0.25) is 0 Å². The Labute approximate surface area is 142 Å². The Morgan fingerprint density at radius 3 is 2.38 bits per heavy atom. The van der Waals surface area contributed by atoms with E-state index in [-0.39, 0.29) is 5.91 Å². The first-order valence-electron chi connectivity index (χ1n) is 8.45. The molecule has 0 radical (unpaired) electrons. The van der Waals surface area contributed by atoms with E-state index in [2.05, 4.69) is 17.5 Å². The largest absolute Gasteiger partial charge is 0.496 e. The van der Waals surface area contributed by atoms with E-state index in [0.29, 0.717) is 17.4 Å². The molecule has 3 nitrogen and oxygen atoms in total. The van der Waals surface area contributed by atoms with E-state index in [1.165, 1.54) is 11.1 Å². The van der Waals surface area contributed by atoms with Crippen molar-refractivity contribution >= 4 is 11.6 Å². The SMILES string of the molecule is COc1cc(C)c(NC(=O)c2ccccc2)c2c1C1C=CC2CC1. The zero-order chi connectivity index (χ0) is 16.7. The van der Waals surface area contributed by atoms with Gasteiger partial charge >= 0.3 is 0 Å². The third-order valence-corrected chi connectivity index (χ3v) is 5.17. The molecule has 3 heteroatoms. The average molecular weight is 319 g/mol. The summed E-state index contributed by atoms with van der Waals surface area (Å²) in [4.78, 5) is 12.7. The smallest absolute Gasteiger partial charge is 0.255 e. The van der Waals surface area contributed by atoms with Crippen LogP contribution in [0.25, 0.3) is 0 Å². The monoisotopic (exact) mass is 319 g/mol. The summed E-state index contributed by atoms with van der Waals surface area (Å²) >= 11 is 0. The lowest BCUT2D eigenvalue weighted by atomic mass is 9.70. The van der Waals surface area contributed by atoms with Gasteiger partial charge in [0.15, 0.2) is 0 Å². The number of benzene rings is 2. The molecule has 122 valence electrons. The molecule has 3 aliphatic rings. The van der Waals surface area contributed by atoms with E-state index < -0.39 is 0 Å². The van der Waals surface area contributed by atoms with Gasteiger partial charge in [-0.3, -0.25) is 4.79 Å². The molecule has 2 aromatic carbocycles. The van der Waals surface area contributed by atoms with Crippen LogP contribution in [0.1, 0.15) is 51.7 Å². The van der Waals surface area contributed by atoms with Crippen molar-refractivity contribution in [1.82, 2.24) is 0 Å². The van der Waals surface area contributed by atoms with Crippen molar-refractivity contribution in [3.63, 3.8) is 0 Å². The fourth-order valence-electron chi connectivity index (χ4n) is 4.00. The standard InChI is InChI=1S/C21H21NO2/c1-13-12-17(24-2)18-14-8-10-15(11-9-14)19(18)20(13)22-21(23)16-6-4-3-5-7-16/h3-8,10,12,14-15H,9,11H2,1-2H3,(H,22,23). The summed E-state index contributed by atoms with van der Waals surface area (Å²) in [5, 5.41) is 3.16. The Bertz CT molecular complexity index is 823. The molecule has 0 spiro atoms. The van der Waals surface area contributed by atoms with Gasteiger partial charge < -0.3 is 10.1 Å². The highest BCUT2D eigenvalue weighted by molar-refractivity contribution is 6.05. The molecule has 1 N–H and O–H groups in total. The predicted molar refractivity (Wildman–Crippen MR) is 96.0 cm³/mol. The molecule has 0 fully saturated rings. The molecule has 3 aliphatic carbocycles. The Morgan fingerprint density at radius 2 is 1.75 bits per heavy atom. The van der Waals surface area contributed by atoms with Gasteiger partial charge in [-0.1, -0.05) is 30.4 Å². The van der Waals surface area contributed by atoms with E-state index >= 15 is 0 Å². The van der Waals surface area contributed by atoms with Crippen LogP contribution in [0, 0.1) is 6.92 Å². The number of aryl methyl sites for hydroxylation is 1. The highest BCUT2D eigenvalue weighted by Gasteiger charge is 2.34. The molecule has 2 atom stereocenters. The maximum absolute atomic E-state index is 12.7. The van der Waals surface area contributed by atoms with Crippen LogP contribution in [0.3, 0.4) is 0 Å². The molecule has 0 aromatic heterocycles. The summed E-state index contributed by atoms with van der Waals surface area (Å²) in [5.74, 6) is 1.65. The topological polar surface area (TPSA) is 38.3 Å². The highest BCUT2D eigenvalue weighted by atomic mass is 16.5. The summed E-state index contributed by atoms with van der Waals surface area (Å²) in [5.41, 5.74) is 5.19. The first-order chi connectivity index (χ1) is 11.7. The Kier molecular flexibility index (Phi) is 3.64. The minimum Gasteiger partial charge on any atom is -0.496 e. The zero-order valence-corrected chi connectivity index (χ0v) is 14.0. The summed E-state index contributed by atoms with van der Waals surface area (Å²) in [7, 11) is 1.73. The molecule has 2 aromatic rings. The van der Waals surface area contributed by atoms with Crippen molar-refractivity contribution in [2.45, 2.75) is 31.6 Å². The minimum atomic E-state index is -0.0588. The third-order valence-electron chi connectivity index (χ3n) is 5.17. The highest BCUT2D eigenvalue weighted by Crippen LogP contribution is 2.52. The Balaban J connectivity index is 1.80. The second-order valence-corrected chi connectivity index (χ2v) is 6.59. The molecule has 0 saturated heterocycles. The molecule has 2 unspecified atom stereocenters. The van der Waals surface area contributed by atoms with Crippen LogP contribution in [-0.4, -0.2) is 13.0 Å². The lowest BCUT2D eigenvalue weighted by molar-refractivity contribution is 0.102. The van der Waals surface area contributed by atoms with E-state index in [1.807, 2.05) is 43.3 Å². The number of rotatable bonds is 3. The number of amides is 1. The van der Waals surface area contributed by atoms with Gasteiger partial charge in [-0.15, -0.1) is 0 Å². The molecule has 0 heterocycles. The molecule has 0 saturated carbocycles. The number of allylic oxidation sites excluding steroid dienone is 2. The quantitative estimate of drug-likeness (QED) is 0.826. The van der Waals surface area contributed by atoms with E-state index in [9.17, 15) is 4.79 Å². The van der Waals surface area contributed by atoms with E-state index in [0.717, 1.165) is 29.8 Å². The molecule has 24 heavy (non-hydrogen) atoms. The van der Waals surface area contributed by atoms with Crippen LogP contribution in [0.4, 0.5) is 5.69 Å². The van der Waals surface area contributed by atoms with Crippen molar-refractivity contribution in [3.8, 4) is 5.75 Å². The fourth-order valence-corrected chi connectivity index (χ4v) is 4.00. The molecule has 2 bridgehead atoms. The van der Waals surface area contributed by atoms with Crippen molar-refractivity contribution in [2.75, 3.05) is 12.4 Å². The van der Waals surface area contributed by atoms with Crippen LogP contribution in [0.5, 0.6) is 5.75 Å². The lowest BCUT2D eigenvalue weighted by Gasteiger charge is -2.36. The molecular weight excluding hydrogens is 298 g/mol. The number of ether oxygens (including phenoxy) is 1. The fraction of sp³-hybridized carbons (Fsp3) is 0.286. The predicted octanol–water partition coefficient (Wildman–Crippen LogP) is 4.79. The summed E-state index contributed by atoms with van der Waals surface area (Å²) < 4.78 is 5.64. The number of hydrogen-bond acceptors (Lipinski definition) is 2. The first kappa shape index (κ1) is 15.0. The Morgan fingerprint density at radius 1 is 1.08 bits per heavy atom. The molecule has 1 amide bonds. The van der Waals surface area contributed by atoms with Crippen molar-refractivity contribution in [2.24, 2.45) is 0 Å².